The molecule has 1 aliphatic carbocycles. The number of benzene rings is 1. The van der Waals surface area contributed by atoms with Crippen LogP contribution in [0, 0.1) is 10.1 Å². The average Bonchev–Trinajstić information content (AvgIpc) is 2.29. The van der Waals surface area contributed by atoms with Crippen LogP contribution in [0.15, 0.2) is 48.6 Å². The summed E-state index contributed by atoms with van der Waals surface area (Å²) < 4.78 is 13.7. The van der Waals surface area contributed by atoms with E-state index in [-0.39, 0.29) is 0 Å². The third-order valence-corrected chi connectivity index (χ3v) is 2.64. The van der Waals surface area contributed by atoms with Crippen molar-refractivity contribution >= 4 is 5.57 Å². The Bertz CT molecular complexity index is 494. The molecule has 88 valence electrons. The van der Waals surface area contributed by atoms with E-state index in [1.807, 2.05) is 18.2 Å². The summed E-state index contributed by atoms with van der Waals surface area (Å²) in [5, 5.41) is 10.8. The number of allylic oxidation sites excluding steroid dienone is 2. The van der Waals surface area contributed by atoms with Gasteiger partial charge >= 0.3 is 0 Å². The van der Waals surface area contributed by atoms with Gasteiger partial charge in [0.2, 0.25) is 5.79 Å². The number of hydrogen-bond acceptors (Lipinski definition) is 3. The number of nitrogens with two attached hydrogens (primary N) is 1. The Morgan fingerprint density at radius 1 is 1.35 bits per heavy atom. The van der Waals surface area contributed by atoms with Crippen LogP contribution in [0.5, 0.6) is 0 Å². The fraction of sp³-hybridized carbons (Fsp3) is 0.167. The number of halogens is 1. The maximum absolute atomic E-state index is 13.7. The molecule has 2 atom stereocenters. The van der Waals surface area contributed by atoms with E-state index in [1.54, 1.807) is 12.1 Å². The van der Waals surface area contributed by atoms with Gasteiger partial charge in [0.1, 0.15) is 0 Å². The molecular weight excluding hydrogens is 223 g/mol. The molecule has 0 saturated carbocycles. The van der Waals surface area contributed by atoms with E-state index in [4.69, 9.17) is 5.73 Å². The summed E-state index contributed by atoms with van der Waals surface area (Å²) in [6.07, 6.45) is 3.74. The molecule has 2 N–H and O–H groups in total. The Morgan fingerprint density at radius 2 is 2.00 bits per heavy atom. The van der Waals surface area contributed by atoms with Crippen LogP contribution in [0.25, 0.3) is 5.57 Å². The van der Waals surface area contributed by atoms with Crippen molar-refractivity contribution in [2.45, 2.75) is 11.8 Å². The summed E-state index contributed by atoms with van der Waals surface area (Å²) in [6, 6.07) is 7.51. The first-order valence-corrected chi connectivity index (χ1v) is 5.08. The first-order valence-electron chi connectivity index (χ1n) is 5.08. The lowest BCUT2D eigenvalue weighted by atomic mass is 9.93. The van der Waals surface area contributed by atoms with Crippen LogP contribution in [0.2, 0.25) is 0 Å². The zero-order valence-corrected chi connectivity index (χ0v) is 8.92. The second kappa shape index (κ2) is 4.10. The third-order valence-electron chi connectivity index (χ3n) is 2.64. The maximum atomic E-state index is 13.7. The molecule has 0 amide bonds. The van der Waals surface area contributed by atoms with Gasteiger partial charge < -0.3 is 0 Å². The van der Waals surface area contributed by atoms with Gasteiger partial charge in [-0.25, -0.2) is 4.39 Å². The molecule has 1 aromatic rings. The molecule has 1 aliphatic rings. The van der Waals surface area contributed by atoms with Crippen molar-refractivity contribution in [2.75, 3.05) is 0 Å². The van der Waals surface area contributed by atoms with E-state index in [0.717, 1.165) is 11.6 Å². The predicted octanol–water partition coefficient (Wildman–Crippen LogP) is 1.91. The minimum atomic E-state index is -2.43. The van der Waals surface area contributed by atoms with Crippen LogP contribution in [0.4, 0.5) is 4.39 Å². The molecule has 0 radical (unpaired) electrons. The summed E-state index contributed by atoms with van der Waals surface area (Å²) >= 11 is 0. The van der Waals surface area contributed by atoms with Gasteiger partial charge in [-0.15, -0.1) is 0 Å². The first-order chi connectivity index (χ1) is 8.00. The lowest BCUT2D eigenvalue weighted by Crippen LogP contribution is -2.49. The number of nitrogens with zero attached hydrogens (tertiary/aromatic N) is 1. The van der Waals surface area contributed by atoms with Gasteiger partial charge in [-0.3, -0.25) is 15.8 Å². The van der Waals surface area contributed by atoms with E-state index in [1.165, 1.54) is 12.2 Å². The van der Waals surface area contributed by atoms with Crippen LogP contribution in [0.1, 0.15) is 5.56 Å². The fourth-order valence-corrected chi connectivity index (χ4v) is 1.71. The Kier molecular flexibility index (Phi) is 2.77. The quantitative estimate of drug-likeness (QED) is 0.482. The van der Waals surface area contributed by atoms with Crippen LogP contribution in [-0.2, 0) is 0 Å². The smallest absolute Gasteiger partial charge is 0.282 e. The Labute approximate surface area is 97.4 Å². The summed E-state index contributed by atoms with van der Waals surface area (Å²) in [6.45, 7) is 0. The van der Waals surface area contributed by atoms with Gasteiger partial charge in [0.25, 0.3) is 6.04 Å². The molecule has 2 unspecified atom stereocenters. The van der Waals surface area contributed by atoms with Crippen molar-refractivity contribution in [1.82, 2.24) is 0 Å². The Morgan fingerprint density at radius 3 is 2.59 bits per heavy atom. The fourth-order valence-electron chi connectivity index (χ4n) is 1.71. The predicted molar refractivity (Wildman–Crippen MR) is 62.4 cm³/mol. The summed E-state index contributed by atoms with van der Waals surface area (Å²) in [4.78, 5) is 10.0. The minimum Gasteiger partial charge on any atom is -0.290 e. The molecule has 0 spiro atoms. The van der Waals surface area contributed by atoms with Crippen LogP contribution in [0.3, 0.4) is 0 Å². The lowest BCUT2D eigenvalue weighted by Gasteiger charge is -2.22. The minimum absolute atomic E-state index is 0.603. The summed E-state index contributed by atoms with van der Waals surface area (Å²) in [5.41, 5.74) is 6.62. The molecule has 0 fully saturated rings. The SMILES string of the molecule is NC1(F)C=CC(c2ccccc2)=CC1[N+](=O)[O-]. The molecule has 0 saturated heterocycles. The monoisotopic (exact) mass is 234 g/mol. The van der Waals surface area contributed by atoms with E-state index in [0.29, 0.717) is 5.57 Å². The molecule has 5 heteroatoms. The van der Waals surface area contributed by atoms with E-state index >= 15 is 0 Å². The molecule has 17 heavy (non-hydrogen) atoms. The molecule has 0 bridgehead atoms. The molecule has 1 aromatic carbocycles. The highest BCUT2D eigenvalue weighted by Gasteiger charge is 2.42. The maximum Gasteiger partial charge on any atom is 0.282 e. The zero-order chi connectivity index (χ0) is 12.5. The van der Waals surface area contributed by atoms with Crippen molar-refractivity contribution < 1.29 is 9.31 Å². The lowest BCUT2D eigenvalue weighted by molar-refractivity contribution is -0.524. The van der Waals surface area contributed by atoms with Crippen molar-refractivity contribution in [1.29, 1.82) is 0 Å². The standard InChI is InChI=1S/C12H11FN2O2/c13-12(14)7-6-10(8-11(12)15(16)17)9-4-2-1-3-5-9/h1-8,11H,14H2. The van der Waals surface area contributed by atoms with Crippen molar-refractivity contribution in [3.8, 4) is 0 Å². The average molecular weight is 234 g/mol. The molecule has 2 rings (SSSR count). The highest BCUT2D eigenvalue weighted by Crippen LogP contribution is 2.27. The van der Waals surface area contributed by atoms with E-state index in [2.05, 4.69) is 0 Å². The number of nitro groups is 1. The van der Waals surface area contributed by atoms with Crippen molar-refractivity contribution in [3.05, 3.63) is 64.2 Å². The molecule has 0 aliphatic heterocycles. The van der Waals surface area contributed by atoms with Gasteiger partial charge in [-0.1, -0.05) is 36.4 Å². The van der Waals surface area contributed by atoms with Crippen LogP contribution >= 0.6 is 0 Å². The second-order valence-corrected chi connectivity index (χ2v) is 3.88. The van der Waals surface area contributed by atoms with Crippen LogP contribution < -0.4 is 5.73 Å². The number of rotatable bonds is 2. The van der Waals surface area contributed by atoms with Gasteiger partial charge in [-0.05, 0) is 17.2 Å². The third kappa shape index (κ3) is 2.24. The van der Waals surface area contributed by atoms with Gasteiger partial charge in [0, 0.05) is 11.0 Å². The molecule has 4 nitrogen and oxygen atoms in total. The van der Waals surface area contributed by atoms with Gasteiger partial charge in [0.05, 0.1) is 0 Å². The van der Waals surface area contributed by atoms with Gasteiger partial charge in [-0.2, -0.15) is 0 Å². The summed E-state index contributed by atoms with van der Waals surface area (Å²) in [7, 11) is 0. The van der Waals surface area contributed by atoms with Crippen LogP contribution in [-0.4, -0.2) is 16.8 Å². The van der Waals surface area contributed by atoms with E-state index in [9.17, 15) is 14.5 Å². The van der Waals surface area contributed by atoms with Crippen molar-refractivity contribution in [3.63, 3.8) is 0 Å². The topological polar surface area (TPSA) is 69.2 Å². The highest BCUT2D eigenvalue weighted by atomic mass is 19.1. The normalized spacial score (nSPS) is 27.6. The zero-order valence-electron chi connectivity index (χ0n) is 8.92. The largest absolute Gasteiger partial charge is 0.290 e. The second-order valence-electron chi connectivity index (χ2n) is 3.88. The summed E-state index contributed by atoms with van der Waals surface area (Å²) in [5.74, 6) is -2.43. The number of alkyl halides is 1. The molecule has 0 heterocycles. The number of hydrogen-bond donors (Lipinski definition) is 1. The Hall–Kier alpha value is -2.01. The van der Waals surface area contributed by atoms with Gasteiger partial charge in [0.15, 0.2) is 0 Å². The first kappa shape index (κ1) is 11.5. The Balaban J connectivity index is 2.39. The van der Waals surface area contributed by atoms with E-state index < -0.39 is 16.8 Å². The highest BCUT2D eigenvalue weighted by molar-refractivity contribution is 5.76. The molecule has 0 aromatic heterocycles. The van der Waals surface area contributed by atoms with Crippen molar-refractivity contribution in [2.24, 2.45) is 5.73 Å². The molecular formula is C12H11FN2O2.